The Bertz CT molecular complexity index is 106. The molecule has 0 unspecified atom stereocenters. The van der Waals surface area contributed by atoms with Crippen molar-refractivity contribution in [3.63, 3.8) is 0 Å². The molecule has 2 heteroatoms. The van der Waals surface area contributed by atoms with Gasteiger partial charge in [0, 0.05) is 12.3 Å². The minimum Gasteiger partial charge on any atom is -0.365 e. The lowest BCUT2D eigenvalue weighted by molar-refractivity contribution is -0.198. The molecule has 68 valence electrons. The van der Waals surface area contributed by atoms with Crippen LogP contribution >= 0.6 is 0 Å². The average molecular weight is 160 g/mol. The summed E-state index contributed by atoms with van der Waals surface area (Å²) in [5.74, 6) is -1.02. The summed E-state index contributed by atoms with van der Waals surface area (Å²) < 4.78 is 0. The first-order chi connectivity index (χ1) is 4.86. The molecule has 0 saturated carbocycles. The van der Waals surface area contributed by atoms with Gasteiger partial charge in [0.05, 0.1) is 0 Å². The molecule has 0 aliphatic carbocycles. The predicted molar refractivity (Wildman–Crippen MR) is 46.1 cm³/mol. The monoisotopic (exact) mass is 160 g/mol. The Morgan fingerprint density at radius 2 is 1.55 bits per heavy atom. The molecule has 0 amide bonds. The van der Waals surface area contributed by atoms with Crippen molar-refractivity contribution in [3.8, 4) is 0 Å². The van der Waals surface area contributed by atoms with Gasteiger partial charge in [0.1, 0.15) is 0 Å². The number of hydrogen-bond donors (Lipinski definition) is 2. The Morgan fingerprint density at radius 3 is 1.82 bits per heavy atom. The van der Waals surface area contributed by atoms with E-state index in [0.717, 1.165) is 6.42 Å². The van der Waals surface area contributed by atoms with Crippen LogP contribution in [0.15, 0.2) is 0 Å². The maximum absolute atomic E-state index is 9.40. The molecule has 0 aliphatic rings. The summed E-state index contributed by atoms with van der Waals surface area (Å²) in [6.45, 7) is 7.80. The van der Waals surface area contributed by atoms with Crippen LogP contribution in [-0.4, -0.2) is 16.0 Å². The summed E-state index contributed by atoms with van der Waals surface area (Å²) in [5.41, 5.74) is 0. The smallest absolute Gasteiger partial charge is 0.164 e. The second kappa shape index (κ2) is 4.07. The van der Waals surface area contributed by atoms with Crippen LogP contribution in [0.1, 0.15) is 40.5 Å². The lowest BCUT2D eigenvalue weighted by atomic mass is 9.94. The Hall–Kier alpha value is -0.0800. The molecule has 0 aromatic rings. The molecule has 2 N–H and O–H groups in total. The molecule has 2 nitrogen and oxygen atoms in total. The lowest BCUT2D eigenvalue weighted by Gasteiger charge is -2.26. The van der Waals surface area contributed by atoms with Crippen LogP contribution in [0.2, 0.25) is 0 Å². The first kappa shape index (κ1) is 10.9. The van der Waals surface area contributed by atoms with Crippen LogP contribution in [0.3, 0.4) is 0 Å². The molecule has 0 aromatic carbocycles. The Balaban J connectivity index is 3.73. The summed E-state index contributed by atoms with van der Waals surface area (Å²) in [7, 11) is 0. The second-order valence-corrected chi connectivity index (χ2v) is 3.97. The summed E-state index contributed by atoms with van der Waals surface area (Å²) in [5, 5.41) is 18.8. The largest absolute Gasteiger partial charge is 0.365 e. The van der Waals surface area contributed by atoms with Gasteiger partial charge < -0.3 is 10.2 Å². The lowest BCUT2D eigenvalue weighted by Crippen LogP contribution is -2.34. The van der Waals surface area contributed by atoms with Gasteiger partial charge in [-0.1, -0.05) is 27.7 Å². The van der Waals surface area contributed by atoms with E-state index in [4.69, 9.17) is 0 Å². The topological polar surface area (TPSA) is 40.5 Å². The van der Waals surface area contributed by atoms with Crippen molar-refractivity contribution in [3.05, 3.63) is 0 Å². The van der Waals surface area contributed by atoms with Gasteiger partial charge in [0.15, 0.2) is 5.79 Å². The average Bonchev–Trinajstić information content (AvgIpc) is 1.84. The molecule has 0 bridgehead atoms. The normalized spacial score (nSPS) is 13.1. The molecule has 0 fully saturated rings. The zero-order valence-corrected chi connectivity index (χ0v) is 7.96. The molecule has 0 aliphatic heterocycles. The molecule has 0 spiro atoms. The Morgan fingerprint density at radius 1 is 1.09 bits per heavy atom. The fourth-order valence-corrected chi connectivity index (χ4v) is 0.790. The van der Waals surface area contributed by atoms with Crippen LogP contribution in [0.25, 0.3) is 0 Å². The molecule has 0 heterocycles. The molecule has 0 radical (unpaired) electrons. The van der Waals surface area contributed by atoms with Crippen molar-refractivity contribution >= 4 is 0 Å². The third kappa shape index (κ3) is 4.38. The number of rotatable bonds is 4. The van der Waals surface area contributed by atoms with Gasteiger partial charge in [-0.05, 0) is 12.3 Å². The third-order valence-electron chi connectivity index (χ3n) is 2.01. The summed E-state index contributed by atoms with van der Waals surface area (Å²) in [4.78, 5) is 0. The van der Waals surface area contributed by atoms with E-state index in [1.807, 2.05) is 13.8 Å². The van der Waals surface area contributed by atoms with E-state index in [-0.39, 0.29) is 5.92 Å². The maximum Gasteiger partial charge on any atom is 0.164 e. The first-order valence-corrected chi connectivity index (χ1v) is 4.31. The van der Waals surface area contributed by atoms with E-state index < -0.39 is 5.79 Å². The third-order valence-corrected chi connectivity index (χ3v) is 2.01. The summed E-state index contributed by atoms with van der Waals surface area (Å²) in [6.07, 6.45) is 1.34. The summed E-state index contributed by atoms with van der Waals surface area (Å²) in [6, 6.07) is 0. The minimum absolute atomic E-state index is 0.0822. The van der Waals surface area contributed by atoms with Crippen LogP contribution < -0.4 is 0 Å². The van der Waals surface area contributed by atoms with Crippen molar-refractivity contribution in [2.45, 2.75) is 46.3 Å². The van der Waals surface area contributed by atoms with Gasteiger partial charge in [-0.2, -0.15) is 0 Å². The quantitative estimate of drug-likeness (QED) is 0.615. The van der Waals surface area contributed by atoms with Crippen LogP contribution in [0, 0.1) is 11.8 Å². The highest BCUT2D eigenvalue weighted by atomic mass is 16.5. The minimum atomic E-state index is -1.47. The zero-order chi connectivity index (χ0) is 9.07. The summed E-state index contributed by atoms with van der Waals surface area (Å²) >= 11 is 0. The highest BCUT2D eigenvalue weighted by Crippen LogP contribution is 2.21. The fraction of sp³-hybridized carbons (Fsp3) is 1.00. The molecular formula is C9H20O2. The van der Waals surface area contributed by atoms with Gasteiger partial charge in [0.2, 0.25) is 0 Å². The van der Waals surface area contributed by atoms with E-state index >= 15 is 0 Å². The SMILES string of the molecule is CC(C)CCC(O)(O)C(C)C. The molecular weight excluding hydrogens is 140 g/mol. The van der Waals surface area contributed by atoms with Gasteiger partial charge in [-0.25, -0.2) is 0 Å². The van der Waals surface area contributed by atoms with E-state index in [9.17, 15) is 10.2 Å². The predicted octanol–water partition coefficient (Wildman–Crippen LogP) is 1.76. The maximum atomic E-state index is 9.40. The standard InChI is InChI=1S/C9H20O2/c1-7(2)5-6-9(10,11)8(3)4/h7-8,10-11H,5-6H2,1-4H3. The second-order valence-electron chi connectivity index (χ2n) is 3.97. The molecule has 0 rings (SSSR count). The van der Waals surface area contributed by atoms with Crippen molar-refractivity contribution in [1.82, 2.24) is 0 Å². The Kier molecular flexibility index (Phi) is 4.04. The molecule has 0 saturated heterocycles. The molecule has 11 heavy (non-hydrogen) atoms. The first-order valence-electron chi connectivity index (χ1n) is 4.31. The van der Waals surface area contributed by atoms with E-state index in [1.54, 1.807) is 0 Å². The van der Waals surface area contributed by atoms with Gasteiger partial charge >= 0.3 is 0 Å². The van der Waals surface area contributed by atoms with Crippen molar-refractivity contribution < 1.29 is 10.2 Å². The van der Waals surface area contributed by atoms with Gasteiger partial charge in [0.25, 0.3) is 0 Å². The van der Waals surface area contributed by atoms with Gasteiger partial charge in [-0.3, -0.25) is 0 Å². The van der Waals surface area contributed by atoms with Crippen LogP contribution in [-0.2, 0) is 0 Å². The van der Waals surface area contributed by atoms with Crippen molar-refractivity contribution in [2.24, 2.45) is 11.8 Å². The van der Waals surface area contributed by atoms with Crippen LogP contribution in [0.4, 0.5) is 0 Å². The number of hydrogen-bond acceptors (Lipinski definition) is 2. The molecule has 0 aromatic heterocycles. The molecule has 0 atom stereocenters. The highest BCUT2D eigenvalue weighted by Gasteiger charge is 2.26. The van der Waals surface area contributed by atoms with Crippen LogP contribution in [0.5, 0.6) is 0 Å². The Labute approximate surface area is 69.2 Å². The van der Waals surface area contributed by atoms with Crippen molar-refractivity contribution in [1.29, 1.82) is 0 Å². The van der Waals surface area contributed by atoms with E-state index in [0.29, 0.717) is 12.3 Å². The highest BCUT2D eigenvalue weighted by molar-refractivity contribution is 4.69. The number of aliphatic hydroxyl groups is 2. The van der Waals surface area contributed by atoms with E-state index in [1.165, 1.54) is 0 Å². The zero-order valence-electron chi connectivity index (χ0n) is 7.96. The van der Waals surface area contributed by atoms with E-state index in [2.05, 4.69) is 13.8 Å². The van der Waals surface area contributed by atoms with Crippen molar-refractivity contribution in [2.75, 3.05) is 0 Å². The fourth-order valence-electron chi connectivity index (χ4n) is 0.790. The van der Waals surface area contributed by atoms with Gasteiger partial charge in [-0.15, -0.1) is 0 Å².